The highest BCUT2D eigenvalue weighted by Gasteiger charge is 2.29. The van der Waals surface area contributed by atoms with Crippen LogP contribution in [0.25, 0.3) is 0 Å². The van der Waals surface area contributed by atoms with Gasteiger partial charge in [0.05, 0.1) is 5.60 Å². The Morgan fingerprint density at radius 2 is 2.33 bits per heavy atom. The summed E-state index contributed by atoms with van der Waals surface area (Å²) in [6, 6.07) is 0. The van der Waals surface area contributed by atoms with E-state index in [1.807, 2.05) is 13.1 Å². The second-order valence-electron chi connectivity index (χ2n) is 5.30. The van der Waals surface area contributed by atoms with Crippen LogP contribution < -0.4 is 5.32 Å². The topological polar surface area (TPSA) is 47.0 Å². The van der Waals surface area contributed by atoms with Crippen molar-refractivity contribution in [3.05, 3.63) is 17.6 Å². The van der Waals surface area contributed by atoms with Crippen LogP contribution in [-0.2, 0) is 11.2 Å². The van der Waals surface area contributed by atoms with Gasteiger partial charge in [-0.05, 0) is 33.1 Å². The zero-order chi connectivity index (χ0) is 13.0. The third-order valence-corrected chi connectivity index (χ3v) is 3.43. The fraction of sp³-hybridized carbons (Fsp3) is 0.714. The molecule has 1 fully saturated rings. The first kappa shape index (κ1) is 13.3. The van der Waals surface area contributed by atoms with E-state index in [2.05, 4.69) is 29.1 Å². The summed E-state index contributed by atoms with van der Waals surface area (Å²) in [6.45, 7) is 7.96. The molecule has 1 aliphatic rings. The van der Waals surface area contributed by atoms with E-state index in [0.29, 0.717) is 0 Å². The van der Waals surface area contributed by atoms with Gasteiger partial charge in [-0.2, -0.15) is 0 Å². The monoisotopic (exact) mass is 249 g/mol. The minimum absolute atomic E-state index is 0.0393. The van der Waals surface area contributed by atoms with E-state index >= 15 is 0 Å². The van der Waals surface area contributed by atoms with Crippen molar-refractivity contribution < 1.29 is 4.74 Å². The Labute approximate surface area is 109 Å². The second kappa shape index (κ2) is 5.65. The summed E-state index contributed by atoms with van der Waals surface area (Å²) in [5, 5.41) is 3.45. The first-order valence-electron chi connectivity index (χ1n) is 6.83. The van der Waals surface area contributed by atoms with Crippen molar-refractivity contribution in [3.63, 3.8) is 0 Å². The lowest BCUT2D eigenvalue weighted by atomic mass is 10.0. The van der Waals surface area contributed by atoms with Gasteiger partial charge in [0, 0.05) is 24.9 Å². The molecule has 1 saturated heterocycles. The molecule has 0 amide bonds. The third kappa shape index (κ3) is 3.19. The summed E-state index contributed by atoms with van der Waals surface area (Å²) < 4.78 is 5.79. The first-order valence-corrected chi connectivity index (χ1v) is 6.83. The maximum absolute atomic E-state index is 5.79. The average Bonchev–Trinajstić information content (AvgIpc) is 2.77. The largest absolute Gasteiger partial charge is 0.373 e. The van der Waals surface area contributed by atoms with Crippen molar-refractivity contribution in [2.24, 2.45) is 0 Å². The van der Waals surface area contributed by atoms with Crippen molar-refractivity contribution in [1.29, 1.82) is 0 Å². The van der Waals surface area contributed by atoms with E-state index in [0.717, 1.165) is 50.5 Å². The Morgan fingerprint density at radius 3 is 3.00 bits per heavy atom. The number of anilines is 1. The van der Waals surface area contributed by atoms with Crippen molar-refractivity contribution in [1.82, 2.24) is 9.97 Å². The van der Waals surface area contributed by atoms with Gasteiger partial charge in [0.25, 0.3) is 0 Å². The normalized spacial score (nSPS) is 23.3. The molecule has 18 heavy (non-hydrogen) atoms. The molecule has 0 aliphatic carbocycles. The van der Waals surface area contributed by atoms with Gasteiger partial charge >= 0.3 is 0 Å². The smallest absolute Gasteiger partial charge is 0.132 e. The van der Waals surface area contributed by atoms with Crippen LogP contribution in [0.1, 0.15) is 44.5 Å². The van der Waals surface area contributed by atoms with Crippen LogP contribution in [0.5, 0.6) is 0 Å². The SMILES string of the molecule is CCCc1cnc(C)nc1NCC1(C)CCCO1. The molecule has 0 saturated carbocycles. The fourth-order valence-electron chi connectivity index (χ4n) is 2.35. The van der Waals surface area contributed by atoms with E-state index in [1.165, 1.54) is 5.56 Å². The van der Waals surface area contributed by atoms with E-state index in [-0.39, 0.29) is 5.60 Å². The summed E-state index contributed by atoms with van der Waals surface area (Å²) in [6.07, 6.45) is 6.33. The number of nitrogens with zero attached hydrogens (tertiary/aromatic N) is 2. The van der Waals surface area contributed by atoms with Gasteiger partial charge < -0.3 is 10.1 Å². The number of hydrogen-bond acceptors (Lipinski definition) is 4. The summed E-state index contributed by atoms with van der Waals surface area (Å²) in [4.78, 5) is 8.78. The standard InChI is InChI=1S/C14H23N3O/c1-4-6-12-9-15-11(2)17-13(12)16-10-14(3)7-5-8-18-14/h9H,4-8,10H2,1-3H3,(H,15,16,17). The lowest BCUT2D eigenvalue weighted by Gasteiger charge is -2.24. The van der Waals surface area contributed by atoms with Crippen LogP contribution in [-0.4, -0.2) is 28.7 Å². The number of hydrogen-bond donors (Lipinski definition) is 1. The molecule has 2 heterocycles. The Bertz CT molecular complexity index is 400. The minimum Gasteiger partial charge on any atom is -0.373 e. The molecule has 4 heteroatoms. The molecule has 4 nitrogen and oxygen atoms in total. The maximum Gasteiger partial charge on any atom is 0.132 e. The molecule has 1 aromatic heterocycles. The Hall–Kier alpha value is -1.16. The molecule has 2 rings (SSSR count). The molecular weight excluding hydrogens is 226 g/mol. The van der Waals surface area contributed by atoms with E-state index in [9.17, 15) is 0 Å². The molecule has 0 radical (unpaired) electrons. The van der Waals surface area contributed by atoms with Gasteiger partial charge in [-0.3, -0.25) is 0 Å². The highest BCUT2D eigenvalue weighted by molar-refractivity contribution is 5.43. The molecular formula is C14H23N3O. The number of aromatic nitrogens is 2. The van der Waals surface area contributed by atoms with Crippen LogP contribution >= 0.6 is 0 Å². The predicted octanol–water partition coefficient (Wildman–Crippen LogP) is 2.72. The molecule has 1 aliphatic heterocycles. The lowest BCUT2D eigenvalue weighted by molar-refractivity contribution is 0.0314. The number of ether oxygens (including phenoxy) is 1. The molecule has 100 valence electrons. The minimum atomic E-state index is -0.0393. The lowest BCUT2D eigenvalue weighted by Crippen LogP contribution is -2.33. The fourth-order valence-corrected chi connectivity index (χ4v) is 2.35. The number of rotatable bonds is 5. The van der Waals surface area contributed by atoms with E-state index in [1.54, 1.807) is 0 Å². The zero-order valence-corrected chi connectivity index (χ0v) is 11.6. The second-order valence-corrected chi connectivity index (χ2v) is 5.30. The molecule has 0 aromatic carbocycles. The maximum atomic E-state index is 5.79. The Morgan fingerprint density at radius 1 is 1.50 bits per heavy atom. The molecule has 1 atom stereocenters. The molecule has 1 aromatic rings. The van der Waals surface area contributed by atoms with Crippen molar-refractivity contribution in [2.75, 3.05) is 18.5 Å². The predicted molar refractivity (Wildman–Crippen MR) is 72.8 cm³/mol. The van der Waals surface area contributed by atoms with Crippen LogP contribution in [0.2, 0.25) is 0 Å². The summed E-state index contributed by atoms with van der Waals surface area (Å²) in [7, 11) is 0. The van der Waals surface area contributed by atoms with Crippen LogP contribution in [0, 0.1) is 6.92 Å². The molecule has 0 spiro atoms. The number of nitrogens with one attached hydrogen (secondary N) is 1. The van der Waals surface area contributed by atoms with Crippen molar-refractivity contribution in [3.8, 4) is 0 Å². The van der Waals surface area contributed by atoms with Gasteiger partial charge in [0.1, 0.15) is 11.6 Å². The van der Waals surface area contributed by atoms with Crippen molar-refractivity contribution >= 4 is 5.82 Å². The molecule has 1 unspecified atom stereocenters. The van der Waals surface area contributed by atoms with Gasteiger partial charge in [-0.15, -0.1) is 0 Å². The van der Waals surface area contributed by atoms with Gasteiger partial charge in [-0.1, -0.05) is 13.3 Å². The summed E-state index contributed by atoms with van der Waals surface area (Å²) in [5.41, 5.74) is 1.16. The van der Waals surface area contributed by atoms with E-state index in [4.69, 9.17) is 4.74 Å². The van der Waals surface area contributed by atoms with Gasteiger partial charge in [0.15, 0.2) is 0 Å². The first-order chi connectivity index (χ1) is 8.63. The highest BCUT2D eigenvalue weighted by atomic mass is 16.5. The van der Waals surface area contributed by atoms with Crippen LogP contribution in [0.4, 0.5) is 5.82 Å². The summed E-state index contributed by atoms with van der Waals surface area (Å²) >= 11 is 0. The highest BCUT2D eigenvalue weighted by Crippen LogP contribution is 2.25. The zero-order valence-electron chi connectivity index (χ0n) is 11.6. The molecule has 1 N–H and O–H groups in total. The third-order valence-electron chi connectivity index (χ3n) is 3.43. The van der Waals surface area contributed by atoms with E-state index < -0.39 is 0 Å². The van der Waals surface area contributed by atoms with Crippen LogP contribution in [0.3, 0.4) is 0 Å². The summed E-state index contributed by atoms with van der Waals surface area (Å²) in [5.74, 6) is 1.79. The number of aryl methyl sites for hydroxylation is 2. The molecule has 0 bridgehead atoms. The van der Waals surface area contributed by atoms with Crippen molar-refractivity contribution in [2.45, 2.75) is 52.1 Å². The van der Waals surface area contributed by atoms with Gasteiger partial charge in [0.2, 0.25) is 0 Å². The quantitative estimate of drug-likeness (QED) is 0.871. The Balaban J connectivity index is 2.05. The van der Waals surface area contributed by atoms with Crippen LogP contribution in [0.15, 0.2) is 6.20 Å². The Kier molecular flexibility index (Phi) is 4.17. The van der Waals surface area contributed by atoms with Gasteiger partial charge in [-0.25, -0.2) is 9.97 Å². The average molecular weight is 249 g/mol.